The topological polar surface area (TPSA) is 78.9 Å². The Morgan fingerprint density at radius 1 is 0.692 bits per heavy atom. The van der Waals surface area contributed by atoms with Crippen LogP contribution in [0.1, 0.15) is 66.5 Å². The number of nitriles is 1. The minimum atomic E-state index is -0.292. The van der Waals surface area contributed by atoms with Crippen molar-refractivity contribution in [2.45, 2.75) is 62.8 Å². The van der Waals surface area contributed by atoms with Gasteiger partial charge in [-0.2, -0.15) is 5.26 Å². The van der Waals surface area contributed by atoms with Crippen LogP contribution in [0.4, 0.5) is 5.82 Å². The Labute approximate surface area is 309 Å². The van der Waals surface area contributed by atoms with Crippen molar-refractivity contribution in [3.63, 3.8) is 0 Å². The molecule has 8 rings (SSSR count). The highest BCUT2D eigenvalue weighted by molar-refractivity contribution is 5.42. The summed E-state index contributed by atoms with van der Waals surface area (Å²) < 4.78 is 12.5. The molecular formula is C44H50N6O2. The van der Waals surface area contributed by atoms with Crippen LogP contribution in [0, 0.1) is 41.6 Å². The lowest BCUT2D eigenvalue weighted by Gasteiger charge is -2.55. The third kappa shape index (κ3) is 7.01. The molecule has 0 N–H and O–H groups in total. The van der Waals surface area contributed by atoms with Gasteiger partial charge in [-0.1, -0.05) is 80.1 Å². The first kappa shape index (κ1) is 35.9. The Kier molecular flexibility index (Phi) is 11.1. The molecule has 0 radical (unpaired) electrons. The Morgan fingerprint density at radius 2 is 1.13 bits per heavy atom. The normalized spacial score (nSPS) is 28.5. The van der Waals surface area contributed by atoms with Crippen LogP contribution in [-0.2, 0) is 33.8 Å². The molecule has 8 nitrogen and oxygen atoms in total. The van der Waals surface area contributed by atoms with Crippen LogP contribution in [0.15, 0.2) is 97.3 Å². The molecule has 4 bridgehead atoms. The van der Waals surface area contributed by atoms with E-state index in [2.05, 4.69) is 97.4 Å². The first-order chi connectivity index (χ1) is 25.5. The Bertz CT molecular complexity index is 1710. The second-order valence-electron chi connectivity index (χ2n) is 15.1. The van der Waals surface area contributed by atoms with Crippen molar-refractivity contribution >= 4 is 5.82 Å². The molecule has 0 spiro atoms. The molecule has 8 heteroatoms. The van der Waals surface area contributed by atoms with Crippen molar-refractivity contribution in [1.29, 1.82) is 5.26 Å². The number of fused-ring (bicyclic) bond motifs is 4. The van der Waals surface area contributed by atoms with Crippen molar-refractivity contribution in [2.75, 3.05) is 40.4 Å². The van der Waals surface area contributed by atoms with Crippen molar-refractivity contribution in [3.05, 3.63) is 137 Å². The van der Waals surface area contributed by atoms with Crippen LogP contribution < -0.4 is 0 Å². The standard InChI is InChI=1S/2C22H25N3O/c1-23-21-13-18(11-12-24-21)22(26-2)19-9-6-10-20(22)16-25(15-19)14-17-7-4-3-5-8-17;1-26-22(18-10-11-24-21(12-18)13-23)19-8-5-9-20(22)16-25(15-19)14-17-6-3-2-4-7-17/h3-5,7-8,11-13,19-20H,6,9-10,14-16H2,2H3;2-4,6-7,10-12,19-20H,5,8-9,14-16H2,1H3. The molecule has 2 aliphatic heterocycles. The summed E-state index contributed by atoms with van der Waals surface area (Å²) in [5.41, 5.74) is 4.90. The maximum Gasteiger partial charge on any atom is 0.269 e. The van der Waals surface area contributed by atoms with Crippen molar-refractivity contribution in [1.82, 2.24) is 19.8 Å². The zero-order valence-corrected chi connectivity index (χ0v) is 30.5. The van der Waals surface area contributed by atoms with E-state index >= 15 is 0 Å². The fourth-order valence-corrected chi connectivity index (χ4v) is 10.3. The second kappa shape index (κ2) is 16.1. The summed E-state index contributed by atoms with van der Waals surface area (Å²) in [4.78, 5) is 17.0. The molecule has 4 heterocycles. The molecule has 2 aliphatic carbocycles. The number of hydrogen-bond acceptors (Lipinski definition) is 7. The second-order valence-corrected chi connectivity index (χ2v) is 15.1. The summed E-state index contributed by atoms with van der Waals surface area (Å²) in [5.74, 6) is 2.24. The predicted octanol–water partition coefficient (Wildman–Crippen LogP) is 8.13. The number of likely N-dealkylation sites (tertiary alicyclic amines) is 2. The van der Waals surface area contributed by atoms with Crippen LogP contribution in [-0.4, -0.2) is 60.2 Å². The maximum absolute atomic E-state index is 9.26. The first-order valence-electron chi connectivity index (χ1n) is 18.9. The van der Waals surface area contributed by atoms with Gasteiger partial charge in [0.25, 0.3) is 5.82 Å². The van der Waals surface area contributed by atoms with Crippen LogP contribution in [0.3, 0.4) is 0 Å². The zero-order chi connectivity index (χ0) is 36.0. The molecule has 4 unspecified atom stereocenters. The molecule has 52 heavy (non-hydrogen) atoms. The lowest BCUT2D eigenvalue weighted by atomic mass is 9.62. The SMILES string of the molecule is COC1(c2ccnc(C#N)c2)C2CCCC1CN(Cc1ccccc1)C2.[C-]#[N+]c1cc(C2(OC)C3CCCC2CN(Cc2ccccc2)C3)ccn1. The number of benzene rings is 2. The van der Waals surface area contributed by atoms with E-state index in [-0.39, 0.29) is 11.2 Å². The van der Waals surface area contributed by atoms with Crippen LogP contribution in [0.25, 0.3) is 4.85 Å². The third-order valence-corrected chi connectivity index (χ3v) is 12.4. The summed E-state index contributed by atoms with van der Waals surface area (Å²) in [7, 11) is 3.68. The number of rotatable bonds is 8. The van der Waals surface area contributed by atoms with Gasteiger partial charge in [0.2, 0.25) is 0 Å². The number of aromatic nitrogens is 2. The Hall–Kier alpha value is -4.44. The summed E-state index contributed by atoms with van der Waals surface area (Å²) in [6.07, 6.45) is 10.7. The highest BCUT2D eigenvalue weighted by Gasteiger charge is 2.54. The quantitative estimate of drug-likeness (QED) is 0.172. The van der Waals surface area contributed by atoms with Gasteiger partial charge in [0.15, 0.2) is 0 Å². The average molecular weight is 695 g/mol. The summed E-state index contributed by atoms with van der Waals surface area (Å²) in [5, 5.41) is 9.26. The van der Waals surface area contributed by atoms with E-state index < -0.39 is 0 Å². The fourth-order valence-electron chi connectivity index (χ4n) is 10.3. The Morgan fingerprint density at radius 3 is 1.56 bits per heavy atom. The van der Waals surface area contributed by atoms with E-state index in [1.54, 1.807) is 12.4 Å². The maximum atomic E-state index is 9.26. The van der Waals surface area contributed by atoms with E-state index in [0.717, 1.165) is 50.4 Å². The zero-order valence-electron chi connectivity index (χ0n) is 30.5. The largest absolute Gasteiger partial charge is 0.373 e. The van der Waals surface area contributed by atoms with Crippen LogP contribution in [0.2, 0.25) is 0 Å². The summed E-state index contributed by atoms with van der Waals surface area (Å²) in [6, 6.07) is 31.6. The molecule has 2 aromatic carbocycles. The molecule has 2 aromatic heterocycles. The number of methoxy groups -OCH3 is 2. The number of piperidine rings is 2. The molecule has 4 aliphatic rings. The molecule has 0 amide bonds. The number of ether oxygens (including phenoxy) is 2. The molecule has 4 atom stereocenters. The van der Waals surface area contributed by atoms with Crippen LogP contribution in [0.5, 0.6) is 0 Å². The van der Waals surface area contributed by atoms with Gasteiger partial charge in [-0.3, -0.25) is 9.80 Å². The van der Waals surface area contributed by atoms with E-state index in [9.17, 15) is 5.26 Å². The van der Waals surface area contributed by atoms with Crippen LogP contribution >= 0.6 is 0 Å². The van der Waals surface area contributed by atoms with Gasteiger partial charge in [0.1, 0.15) is 23.6 Å². The molecule has 4 aromatic rings. The van der Waals surface area contributed by atoms with Gasteiger partial charge in [-0.15, -0.1) is 4.98 Å². The molecule has 4 fully saturated rings. The van der Waals surface area contributed by atoms with Gasteiger partial charge in [0.05, 0.1) is 5.60 Å². The average Bonchev–Trinajstić information content (AvgIpc) is 3.18. The fraction of sp³-hybridized carbons (Fsp3) is 0.455. The van der Waals surface area contributed by atoms with E-state index in [1.807, 2.05) is 32.4 Å². The van der Waals surface area contributed by atoms with Gasteiger partial charge in [0, 0.05) is 83.4 Å². The van der Waals surface area contributed by atoms with Gasteiger partial charge >= 0.3 is 0 Å². The van der Waals surface area contributed by atoms with Gasteiger partial charge in [-0.05, 0) is 72.2 Å². The van der Waals surface area contributed by atoms with Crippen molar-refractivity contribution in [2.24, 2.45) is 23.7 Å². The summed E-state index contributed by atoms with van der Waals surface area (Å²) in [6.45, 7) is 13.4. The van der Waals surface area contributed by atoms with Gasteiger partial charge < -0.3 is 14.3 Å². The van der Waals surface area contributed by atoms with Crippen molar-refractivity contribution < 1.29 is 9.47 Å². The predicted molar refractivity (Wildman–Crippen MR) is 202 cm³/mol. The number of hydrogen-bond donors (Lipinski definition) is 0. The minimum Gasteiger partial charge on any atom is -0.373 e. The monoisotopic (exact) mass is 694 g/mol. The van der Waals surface area contributed by atoms with E-state index in [0.29, 0.717) is 35.2 Å². The van der Waals surface area contributed by atoms with E-state index in [4.69, 9.17) is 16.0 Å². The minimum absolute atomic E-state index is 0.284. The van der Waals surface area contributed by atoms with Gasteiger partial charge in [-0.25, -0.2) is 4.98 Å². The third-order valence-electron chi connectivity index (χ3n) is 12.4. The molecule has 268 valence electrons. The lowest BCUT2D eigenvalue weighted by molar-refractivity contribution is -0.170. The molecule has 2 saturated carbocycles. The highest BCUT2D eigenvalue weighted by Crippen LogP contribution is 2.53. The smallest absolute Gasteiger partial charge is 0.269 e. The lowest BCUT2D eigenvalue weighted by Crippen LogP contribution is -2.58. The summed E-state index contributed by atoms with van der Waals surface area (Å²) >= 11 is 0. The highest BCUT2D eigenvalue weighted by atomic mass is 16.5. The van der Waals surface area contributed by atoms with Crippen molar-refractivity contribution in [3.8, 4) is 6.07 Å². The first-order valence-corrected chi connectivity index (χ1v) is 18.9. The Balaban J connectivity index is 0.000000162. The number of pyridine rings is 2. The number of nitrogens with zero attached hydrogens (tertiary/aromatic N) is 6. The molecule has 2 saturated heterocycles. The van der Waals surface area contributed by atoms with E-state index in [1.165, 1.54) is 49.7 Å². The molecular weight excluding hydrogens is 645 g/mol.